The Balaban J connectivity index is 0.00000361. The predicted molar refractivity (Wildman–Crippen MR) is 80.7 cm³/mol. The van der Waals surface area contributed by atoms with Gasteiger partial charge >= 0.3 is 5.97 Å². The second-order valence-corrected chi connectivity index (χ2v) is 5.45. The quantitative estimate of drug-likeness (QED) is 0.525. The Morgan fingerprint density at radius 1 is 1.10 bits per heavy atom. The molecule has 0 aromatic carbocycles. The van der Waals surface area contributed by atoms with E-state index in [-0.39, 0.29) is 35.5 Å². The first-order valence-electron chi connectivity index (χ1n) is 7.69. The van der Waals surface area contributed by atoms with Crippen LogP contribution in [-0.4, -0.2) is 64.0 Å². The number of hydrogen-bond donors (Lipinski definition) is 1. The zero-order chi connectivity index (χ0) is 14.1. The van der Waals surface area contributed by atoms with E-state index >= 15 is 0 Å². The molecule has 111 valence electrons. The second kappa shape index (κ2) is 11.6. The van der Waals surface area contributed by atoms with Gasteiger partial charge in [-0.25, -0.2) is 4.79 Å². The molecular weight excluding hydrogens is 265 g/mol. The number of nitrogens with zero attached hydrogens (tertiary/aromatic N) is 1. The van der Waals surface area contributed by atoms with Gasteiger partial charge in [0.1, 0.15) is 6.04 Å². The average molecular weight is 292 g/mol. The van der Waals surface area contributed by atoms with Crippen LogP contribution in [0.5, 0.6) is 0 Å². The van der Waals surface area contributed by atoms with Crippen LogP contribution in [0.25, 0.3) is 0 Å². The van der Waals surface area contributed by atoms with Crippen LogP contribution >= 0.6 is 0 Å². The minimum absolute atomic E-state index is 0. The molecular formula is C15H27NNaO3. The Morgan fingerprint density at radius 2 is 1.70 bits per heavy atom. The Bertz CT molecular complexity index is 297. The Morgan fingerprint density at radius 3 is 2.30 bits per heavy atom. The van der Waals surface area contributed by atoms with Crippen molar-refractivity contribution in [3.05, 3.63) is 0 Å². The summed E-state index contributed by atoms with van der Waals surface area (Å²) in [5, 5.41) is 9.03. The van der Waals surface area contributed by atoms with E-state index < -0.39 is 12.0 Å². The van der Waals surface area contributed by atoms with Gasteiger partial charge in [0.15, 0.2) is 0 Å². The first-order chi connectivity index (χ1) is 9.16. The van der Waals surface area contributed by atoms with Gasteiger partial charge in [-0.15, -0.1) is 0 Å². The molecule has 1 aliphatic rings. The first-order valence-corrected chi connectivity index (χ1v) is 7.69. The fraction of sp³-hybridized carbons (Fsp3) is 0.867. The molecule has 0 bridgehead atoms. The molecule has 1 N–H and O–H groups in total. The van der Waals surface area contributed by atoms with Crippen molar-refractivity contribution in [3.63, 3.8) is 0 Å². The van der Waals surface area contributed by atoms with Crippen LogP contribution in [0.1, 0.15) is 71.1 Å². The van der Waals surface area contributed by atoms with Crippen LogP contribution in [-0.2, 0) is 9.59 Å². The van der Waals surface area contributed by atoms with Gasteiger partial charge in [-0.2, -0.15) is 0 Å². The Kier molecular flexibility index (Phi) is 11.5. The molecule has 0 aromatic heterocycles. The van der Waals surface area contributed by atoms with Crippen LogP contribution < -0.4 is 0 Å². The number of carbonyl (C=O) groups excluding carboxylic acids is 1. The van der Waals surface area contributed by atoms with E-state index in [1.807, 2.05) is 0 Å². The SMILES string of the molecule is CCCCCCCCCC(=O)N1CCC[C@H]1C(=O)O.[Na]. The standard InChI is InChI=1S/C15H27NO3.Na/c1-2-3-4-5-6-7-8-11-14(17)16-12-9-10-13(16)15(18)19;/h13H,2-12H2,1H3,(H,18,19);/t13-;/m0./s1. The number of carboxylic acid groups (broad SMARTS) is 1. The van der Waals surface area contributed by atoms with Crippen molar-refractivity contribution in [3.8, 4) is 0 Å². The van der Waals surface area contributed by atoms with Crippen LogP contribution in [0, 0.1) is 0 Å². The first kappa shape index (κ1) is 19.9. The molecule has 20 heavy (non-hydrogen) atoms. The van der Waals surface area contributed by atoms with Gasteiger partial charge in [-0.05, 0) is 19.3 Å². The van der Waals surface area contributed by atoms with Crippen LogP contribution in [0.3, 0.4) is 0 Å². The molecule has 1 fully saturated rings. The van der Waals surface area contributed by atoms with E-state index in [1.54, 1.807) is 4.90 Å². The molecule has 0 aromatic rings. The molecule has 0 saturated carbocycles. The topological polar surface area (TPSA) is 57.6 Å². The molecule has 1 rings (SSSR count). The molecule has 5 heteroatoms. The number of hydrogen-bond acceptors (Lipinski definition) is 2. The maximum atomic E-state index is 12.0. The normalized spacial score (nSPS) is 17.9. The van der Waals surface area contributed by atoms with Crippen molar-refractivity contribution in [2.45, 2.75) is 77.2 Å². The third-order valence-corrected chi connectivity index (χ3v) is 3.85. The summed E-state index contributed by atoms with van der Waals surface area (Å²) in [4.78, 5) is 24.5. The van der Waals surface area contributed by atoms with E-state index in [4.69, 9.17) is 5.11 Å². The zero-order valence-corrected chi connectivity index (χ0v) is 15.1. The molecule has 4 nitrogen and oxygen atoms in total. The summed E-state index contributed by atoms with van der Waals surface area (Å²) in [6.07, 6.45) is 10.2. The Hall–Kier alpha value is -0.0600. The zero-order valence-electron chi connectivity index (χ0n) is 13.1. The monoisotopic (exact) mass is 292 g/mol. The summed E-state index contributed by atoms with van der Waals surface area (Å²) in [6.45, 7) is 2.82. The van der Waals surface area contributed by atoms with Gasteiger partial charge in [-0.3, -0.25) is 4.79 Å². The number of aliphatic carboxylic acids is 1. The van der Waals surface area contributed by atoms with Crippen molar-refractivity contribution in [1.82, 2.24) is 4.90 Å². The van der Waals surface area contributed by atoms with E-state index in [0.717, 1.165) is 19.3 Å². The van der Waals surface area contributed by atoms with Gasteiger partial charge in [0.25, 0.3) is 0 Å². The molecule has 1 atom stereocenters. The van der Waals surface area contributed by atoms with Gasteiger partial charge in [0, 0.05) is 42.5 Å². The van der Waals surface area contributed by atoms with Crippen molar-refractivity contribution >= 4 is 41.4 Å². The summed E-state index contributed by atoms with van der Waals surface area (Å²) in [6, 6.07) is -0.572. The number of carbonyl (C=O) groups is 2. The fourth-order valence-corrected chi connectivity index (χ4v) is 2.70. The molecule has 1 aliphatic heterocycles. The summed E-state index contributed by atoms with van der Waals surface area (Å²) < 4.78 is 0. The van der Waals surface area contributed by atoms with Gasteiger partial charge in [0.2, 0.25) is 5.91 Å². The third-order valence-electron chi connectivity index (χ3n) is 3.85. The molecule has 0 unspecified atom stereocenters. The summed E-state index contributed by atoms with van der Waals surface area (Å²) in [7, 11) is 0. The number of carboxylic acids is 1. The molecule has 1 saturated heterocycles. The van der Waals surface area contributed by atoms with E-state index in [0.29, 0.717) is 19.4 Å². The molecule has 1 radical (unpaired) electrons. The van der Waals surface area contributed by atoms with Crippen molar-refractivity contribution in [1.29, 1.82) is 0 Å². The maximum Gasteiger partial charge on any atom is 0.326 e. The molecule has 1 amide bonds. The number of likely N-dealkylation sites (tertiary alicyclic amines) is 1. The number of unbranched alkanes of at least 4 members (excludes halogenated alkanes) is 6. The van der Waals surface area contributed by atoms with Crippen LogP contribution in [0.15, 0.2) is 0 Å². The second-order valence-electron chi connectivity index (χ2n) is 5.45. The van der Waals surface area contributed by atoms with E-state index in [2.05, 4.69) is 6.92 Å². The van der Waals surface area contributed by atoms with Crippen LogP contribution in [0.4, 0.5) is 0 Å². The average Bonchev–Trinajstić information content (AvgIpc) is 2.87. The van der Waals surface area contributed by atoms with E-state index in [9.17, 15) is 9.59 Å². The van der Waals surface area contributed by atoms with E-state index in [1.165, 1.54) is 32.1 Å². The van der Waals surface area contributed by atoms with Crippen molar-refractivity contribution in [2.24, 2.45) is 0 Å². The summed E-state index contributed by atoms with van der Waals surface area (Å²) in [5.41, 5.74) is 0. The number of rotatable bonds is 9. The number of amides is 1. The molecule has 1 heterocycles. The van der Waals surface area contributed by atoms with Gasteiger partial charge in [0.05, 0.1) is 0 Å². The van der Waals surface area contributed by atoms with Crippen LogP contribution in [0.2, 0.25) is 0 Å². The summed E-state index contributed by atoms with van der Waals surface area (Å²) >= 11 is 0. The maximum absolute atomic E-state index is 12.0. The van der Waals surface area contributed by atoms with Crippen molar-refractivity contribution in [2.75, 3.05) is 6.54 Å². The largest absolute Gasteiger partial charge is 0.480 e. The Labute approximate surface area is 144 Å². The minimum atomic E-state index is -0.856. The fourth-order valence-electron chi connectivity index (χ4n) is 2.70. The smallest absolute Gasteiger partial charge is 0.326 e. The van der Waals surface area contributed by atoms with Gasteiger partial charge in [-0.1, -0.05) is 45.4 Å². The van der Waals surface area contributed by atoms with Gasteiger partial charge < -0.3 is 10.0 Å². The molecule has 0 spiro atoms. The summed E-state index contributed by atoms with van der Waals surface area (Å²) in [5.74, 6) is -0.830. The van der Waals surface area contributed by atoms with Crippen molar-refractivity contribution < 1.29 is 14.7 Å². The molecule has 0 aliphatic carbocycles. The third kappa shape index (κ3) is 7.09. The predicted octanol–water partition coefficient (Wildman–Crippen LogP) is 2.82. The minimum Gasteiger partial charge on any atom is -0.480 e.